The summed E-state index contributed by atoms with van der Waals surface area (Å²) in [5.41, 5.74) is 6.35. The number of nitrogens with one attached hydrogen (secondary N) is 2. The molecule has 160 valence electrons. The zero-order valence-corrected chi connectivity index (χ0v) is 16.6. The number of nitrogens with two attached hydrogens (primary N) is 1. The van der Waals surface area contributed by atoms with Gasteiger partial charge in [-0.3, -0.25) is 10.2 Å². The van der Waals surface area contributed by atoms with Crippen LogP contribution in [-0.2, 0) is 4.79 Å². The molecule has 7 nitrogen and oxygen atoms in total. The van der Waals surface area contributed by atoms with E-state index in [4.69, 9.17) is 21.1 Å². The lowest BCUT2D eigenvalue weighted by molar-refractivity contribution is -0.104. The van der Waals surface area contributed by atoms with Gasteiger partial charge in [-0.05, 0) is 49.2 Å². The maximum Gasteiger partial charge on any atom is 0.179 e. The Morgan fingerprint density at radius 2 is 2.03 bits per heavy atom. The minimum absolute atomic E-state index is 0.00710. The summed E-state index contributed by atoms with van der Waals surface area (Å²) in [6.07, 6.45) is 4.22. The lowest BCUT2D eigenvalue weighted by Gasteiger charge is -2.30. The third-order valence-corrected chi connectivity index (χ3v) is 4.86. The average Bonchev–Trinajstić information content (AvgIpc) is 2.76. The van der Waals surface area contributed by atoms with E-state index in [1.807, 2.05) is 0 Å². The lowest BCUT2D eigenvalue weighted by Crippen LogP contribution is -2.45. The fraction of sp³-hybridized carbons (Fsp3) is 0.227. The number of likely N-dealkylation sites (tertiary alicyclic amines) is 1. The number of rotatable bonds is 7. The molecule has 1 fully saturated rings. The number of carbonyl (C=O) groups excluding carboxylic acids is 1. The molecule has 0 radical (unpaired) electrons. The summed E-state index contributed by atoms with van der Waals surface area (Å²) in [7, 11) is 0. The quantitative estimate of drug-likeness (QED) is 0.272. The van der Waals surface area contributed by atoms with Crippen molar-refractivity contribution in [3.63, 3.8) is 0 Å². The normalized spacial score (nSPS) is 16.7. The summed E-state index contributed by atoms with van der Waals surface area (Å²) in [5, 5.41) is 20.4. The van der Waals surface area contributed by atoms with Crippen molar-refractivity contribution in [2.75, 3.05) is 13.1 Å². The van der Waals surface area contributed by atoms with Crippen LogP contribution in [0.1, 0.15) is 18.4 Å². The predicted molar refractivity (Wildman–Crippen MR) is 110 cm³/mol. The second-order valence-corrected chi connectivity index (χ2v) is 7.05. The van der Waals surface area contributed by atoms with Gasteiger partial charge in [0.05, 0.1) is 11.3 Å². The lowest BCUT2D eigenvalue weighted by atomic mass is 10.0. The van der Waals surface area contributed by atoms with Crippen molar-refractivity contribution in [1.82, 2.24) is 10.2 Å². The molecular formula is C22H21F2N5O2. The Morgan fingerprint density at radius 3 is 2.68 bits per heavy atom. The minimum atomic E-state index is -0.834. The average molecular weight is 425 g/mol. The number of carbonyl (C=O) groups is 1. The van der Waals surface area contributed by atoms with Crippen LogP contribution in [0.15, 0.2) is 53.9 Å². The van der Waals surface area contributed by atoms with Crippen molar-refractivity contribution < 1.29 is 18.3 Å². The van der Waals surface area contributed by atoms with Crippen molar-refractivity contribution in [2.45, 2.75) is 18.9 Å². The van der Waals surface area contributed by atoms with Crippen molar-refractivity contribution in [1.29, 1.82) is 10.7 Å². The first-order valence-electron chi connectivity index (χ1n) is 9.59. The topological polar surface area (TPSA) is 115 Å². The Bertz CT molecular complexity index is 1050. The van der Waals surface area contributed by atoms with Crippen LogP contribution in [0.2, 0.25) is 0 Å². The molecule has 0 unspecified atom stereocenters. The highest BCUT2D eigenvalue weighted by molar-refractivity contribution is 6.22. The third kappa shape index (κ3) is 5.36. The minimum Gasteiger partial charge on any atom is -0.454 e. The van der Waals surface area contributed by atoms with Crippen LogP contribution in [0.4, 0.5) is 8.78 Å². The standard InChI is InChI=1S/C22H21F2N5O2/c23-15-5-8-20(19(24)10-15)31-17-6-3-14(4-7-17)21(26)18(12-30)22(27)28-16-2-1-9-29(11-16)13-25/h3-8,10,12,16,26,28H,1-2,9,11,27H2/b22-18-,26-21?/t16-/m1/s1. The maximum absolute atomic E-state index is 13.7. The summed E-state index contributed by atoms with van der Waals surface area (Å²) in [5.74, 6) is -1.33. The summed E-state index contributed by atoms with van der Waals surface area (Å²) in [6.45, 7) is 1.16. The van der Waals surface area contributed by atoms with Gasteiger partial charge in [0, 0.05) is 30.8 Å². The molecule has 1 aliphatic rings. The number of hydrogen-bond acceptors (Lipinski definition) is 7. The van der Waals surface area contributed by atoms with Gasteiger partial charge < -0.3 is 20.7 Å². The van der Waals surface area contributed by atoms with E-state index in [1.54, 1.807) is 4.90 Å². The van der Waals surface area contributed by atoms with Crippen LogP contribution in [-0.4, -0.2) is 36.0 Å². The van der Waals surface area contributed by atoms with E-state index in [9.17, 15) is 13.6 Å². The number of halogens is 2. The predicted octanol–water partition coefficient (Wildman–Crippen LogP) is 3.03. The van der Waals surface area contributed by atoms with Gasteiger partial charge in [-0.1, -0.05) is 0 Å². The van der Waals surface area contributed by atoms with E-state index in [2.05, 4.69) is 11.5 Å². The zero-order valence-electron chi connectivity index (χ0n) is 16.6. The van der Waals surface area contributed by atoms with E-state index in [1.165, 1.54) is 30.3 Å². The maximum atomic E-state index is 13.7. The van der Waals surface area contributed by atoms with Crippen molar-refractivity contribution in [3.8, 4) is 17.7 Å². The molecule has 3 rings (SSSR count). The van der Waals surface area contributed by atoms with Crippen LogP contribution in [0.3, 0.4) is 0 Å². The zero-order chi connectivity index (χ0) is 22.4. The Hall–Kier alpha value is -3.93. The number of nitrogens with zero attached hydrogens (tertiary/aromatic N) is 2. The first-order valence-corrected chi connectivity index (χ1v) is 9.59. The number of nitriles is 1. The highest BCUT2D eigenvalue weighted by atomic mass is 19.1. The highest BCUT2D eigenvalue weighted by Gasteiger charge is 2.21. The van der Waals surface area contributed by atoms with Gasteiger partial charge in [-0.2, -0.15) is 5.26 Å². The molecule has 31 heavy (non-hydrogen) atoms. The van der Waals surface area contributed by atoms with Gasteiger partial charge in [0.15, 0.2) is 24.0 Å². The van der Waals surface area contributed by atoms with Crippen LogP contribution >= 0.6 is 0 Å². The van der Waals surface area contributed by atoms with Crippen molar-refractivity contribution in [2.24, 2.45) is 5.73 Å². The molecule has 0 aromatic heterocycles. The Kier molecular flexibility index (Phi) is 6.82. The number of aldehydes is 1. The molecule has 0 bridgehead atoms. The number of piperidine rings is 1. The van der Waals surface area contributed by atoms with Crippen molar-refractivity contribution in [3.05, 3.63) is 71.1 Å². The van der Waals surface area contributed by atoms with E-state index >= 15 is 0 Å². The SMILES string of the molecule is N#CN1CCC[C@@H](N/C(N)=C(/C=O)C(=N)c2ccc(Oc3ccc(F)cc3F)cc2)C1. The van der Waals surface area contributed by atoms with Crippen LogP contribution < -0.4 is 15.8 Å². The third-order valence-electron chi connectivity index (χ3n) is 4.86. The van der Waals surface area contributed by atoms with Gasteiger partial charge in [-0.15, -0.1) is 0 Å². The Morgan fingerprint density at radius 1 is 1.29 bits per heavy atom. The van der Waals surface area contributed by atoms with Gasteiger partial charge in [0.1, 0.15) is 17.4 Å². The van der Waals surface area contributed by atoms with Gasteiger partial charge in [0.2, 0.25) is 0 Å². The molecule has 2 aromatic rings. The molecule has 0 saturated carbocycles. The molecule has 1 aliphatic heterocycles. The molecule has 9 heteroatoms. The van der Waals surface area contributed by atoms with Gasteiger partial charge >= 0.3 is 0 Å². The van der Waals surface area contributed by atoms with Gasteiger partial charge in [-0.25, -0.2) is 8.78 Å². The monoisotopic (exact) mass is 425 g/mol. The number of hydrogen-bond donors (Lipinski definition) is 3. The molecule has 0 amide bonds. The summed E-state index contributed by atoms with van der Waals surface area (Å²) >= 11 is 0. The summed E-state index contributed by atoms with van der Waals surface area (Å²) < 4.78 is 32.1. The van der Waals surface area contributed by atoms with Crippen LogP contribution in [0.5, 0.6) is 11.5 Å². The van der Waals surface area contributed by atoms with E-state index in [0.717, 1.165) is 25.0 Å². The molecule has 1 heterocycles. The first-order chi connectivity index (χ1) is 14.9. The molecule has 1 atom stereocenters. The number of ether oxygens (including phenoxy) is 1. The van der Waals surface area contributed by atoms with E-state index < -0.39 is 11.6 Å². The number of allylic oxidation sites excluding steroid dienone is 1. The van der Waals surface area contributed by atoms with Gasteiger partial charge in [0.25, 0.3) is 0 Å². The first kappa shape index (κ1) is 21.8. The fourth-order valence-electron chi connectivity index (χ4n) is 3.27. The molecule has 0 spiro atoms. The van der Waals surface area contributed by atoms with E-state index in [-0.39, 0.29) is 34.6 Å². The molecule has 1 saturated heterocycles. The second-order valence-electron chi connectivity index (χ2n) is 7.05. The van der Waals surface area contributed by atoms with Crippen LogP contribution in [0, 0.1) is 28.5 Å². The molecule has 2 aromatic carbocycles. The number of benzene rings is 2. The van der Waals surface area contributed by atoms with Crippen molar-refractivity contribution >= 4 is 12.0 Å². The largest absolute Gasteiger partial charge is 0.454 e. The fourth-order valence-corrected chi connectivity index (χ4v) is 3.27. The van der Waals surface area contributed by atoms with Crippen LogP contribution in [0.25, 0.3) is 0 Å². The molecule has 4 N–H and O–H groups in total. The molecule has 0 aliphatic carbocycles. The second kappa shape index (κ2) is 9.71. The smallest absolute Gasteiger partial charge is 0.179 e. The van der Waals surface area contributed by atoms with E-state index in [0.29, 0.717) is 24.9 Å². The summed E-state index contributed by atoms with van der Waals surface area (Å²) in [4.78, 5) is 13.2. The summed E-state index contributed by atoms with van der Waals surface area (Å²) in [6, 6.07) is 8.97. The molecular weight excluding hydrogens is 404 g/mol. The highest BCUT2D eigenvalue weighted by Crippen LogP contribution is 2.25. The Balaban J connectivity index is 1.72. The Labute approximate surface area is 178 Å².